The van der Waals surface area contributed by atoms with Gasteiger partial charge in [0.15, 0.2) is 5.96 Å². The highest BCUT2D eigenvalue weighted by molar-refractivity contribution is 14.0. The van der Waals surface area contributed by atoms with Gasteiger partial charge in [-0.3, -0.25) is 4.99 Å². The Morgan fingerprint density at radius 3 is 2.67 bits per heavy atom. The largest absolute Gasteiger partial charge is 0.377 e. The van der Waals surface area contributed by atoms with Gasteiger partial charge in [-0.05, 0) is 38.5 Å². The molecule has 1 heterocycles. The maximum atomic E-state index is 5.31. The second-order valence-electron chi connectivity index (χ2n) is 5.95. The first kappa shape index (κ1) is 20.7. The highest BCUT2D eigenvalue weighted by atomic mass is 127. The summed E-state index contributed by atoms with van der Waals surface area (Å²) >= 11 is 0. The third kappa shape index (κ3) is 10.1. The van der Waals surface area contributed by atoms with Crippen molar-refractivity contribution >= 4 is 29.9 Å². The lowest BCUT2D eigenvalue weighted by molar-refractivity contribution is 0.153. The van der Waals surface area contributed by atoms with Gasteiger partial charge in [-0.2, -0.15) is 0 Å². The highest BCUT2D eigenvalue weighted by Crippen LogP contribution is 2.10. The maximum Gasteiger partial charge on any atom is 0.191 e. The number of hydrogen-bond acceptors (Lipinski definition) is 2. The molecule has 1 atom stereocenters. The van der Waals surface area contributed by atoms with Crippen molar-refractivity contribution in [2.24, 2.45) is 10.9 Å². The molecule has 0 amide bonds. The second kappa shape index (κ2) is 12.3. The molecule has 0 radical (unpaired) electrons. The van der Waals surface area contributed by atoms with E-state index in [4.69, 9.17) is 4.74 Å². The van der Waals surface area contributed by atoms with Crippen LogP contribution in [0.4, 0.5) is 0 Å². The van der Waals surface area contributed by atoms with E-state index in [-0.39, 0.29) is 24.0 Å². The van der Waals surface area contributed by atoms with Gasteiger partial charge in [-0.1, -0.05) is 25.5 Å². The molecule has 4 nitrogen and oxygen atoms in total. The number of halogens is 1. The standard InChI is InChI=1S/C16H31N3O.HI/c1-13(2)5-6-14(3)19-16(17-4)18-10-7-15-8-11-20-12-9-15;/h8,13-14H,5-7,9-12H2,1-4H3,(H2,17,18,19);1H. The molecule has 1 rings (SSSR count). The van der Waals surface area contributed by atoms with E-state index in [1.807, 2.05) is 7.05 Å². The Morgan fingerprint density at radius 2 is 2.10 bits per heavy atom. The molecule has 1 aliphatic rings. The van der Waals surface area contributed by atoms with Gasteiger partial charge in [-0.25, -0.2) is 0 Å². The fourth-order valence-electron chi connectivity index (χ4n) is 2.22. The van der Waals surface area contributed by atoms with E-state index >= 15 is 0 Å². The lowest BCUT2D eigenvalue weighted by Gasteiger charge is -2.19. The maximum absolute atomic E-state index is 5.31. The fourth-order valence-corrected chi connectivity index (χ4v) is 2.22. The molecule has 0 saturated heterocycles. The van der Waals surface area contributed by atoms with Crippen molar-refractivity contribution in [3.05, 3.63) is 11.6 Å². The Kier molecular flexibility index (Phi) is 12.1. The van der Waals surface area contributed by atoms with Gasteiger partial charge in [0.05, 0.1) is 13.2 Å². The first-order valence-corrected chi connectivity index (χ1v) is 7.84. The molecule has 1 aliphatic heterocycles. The summed E-state index contributed by atoms with van der Waals surface area (Å²) < 4.78 is 5.31. The van der Waals surface area contributed by atoms with Gasteiger partial charge in [0, 0.05) is 19.6 Å². The quantitative estimate of drug-likeness (QED) is 0.294. The van der Waals surface area contributed by atoms with Crippen molar-refractivity contribution in [1.29, 1.82) is 0 Å². The SMILES string of the molecule is CN=C(NCCC1=CCOCC1)NC(C)CCC(C)C.I. The minimum atomic E-state index is 0. The third-order valence-corrected chi connectivity index (χ3v) is 3.58. The van der Waals surface area contributed by atoms with Crippen molar-refractivity contribution in [3.63, 3.8) is 0 Å². The van der Waals surface area contributed by atoms with E-state index in [9.17, 15) is 0 Å². The molecule has 21 heavy (non-hydrogen) atoms. The molecule has 0 saturated carbocycles. The highest BCUT2D eigenvalue weighted by Gasteiger charge is 2.07. The Labute approximate surface area is 147 Å². The van der Waals surface area contributed by atoms with Crippen molar-refractivity contribution < 1.29 is 4.74 Å². The van der Waals surface area contributed by atoms with E-state index in [0.717, 1.165) is 44.5 Å². The van der Waals surface area contributed by atoms with Crippen LogP contribution >= 0.6 is 24.0 Å². The summed E-state index contributed by atoms with van der Waals surface area (Å²) in [7, 11) is 1.83. The molecule has 0 aromatic heterocycles. The Balaban J connectivity index is 0.00000400. The van der Waals surface area contributed by atoms with Crippen molar-refractivity contribution in [3.8, 4) is 0 Å². The summed E-state index contributed by atoms with van der Waals surface area (Å²) in [5, 5.41) is 6.85. The van der Waals surface area contributed by atoms with Gasteiger partial charge in [0.1, 0.15) is 0 Å². The monoisotopic (exact) mass is 409 g/mol. The topological polar surface area (TPSA) is 45.7 Å². The predicted octanol–water partition coefficient (Wildman–Crippen LogP) is 3.33. The van der Waals surface area contributed by atoms with E-state index in [2.05, 4.69) is 42.5 Å². The number of hydrogen-bond donors (Lipinski definition) is 2. The lowest BCUT2D eigenvalue weighted by Crippen LogP contribution is -2.42. The van der Waals surface area contributed by atoms with Crippen LogP contribution in [0.1, 0.15) is 46.5 Å². The summed E-state index contributed by atoms with van der Waals surface area (Å²) in [6, 6.07) is 0.464. The summed E-state index contributed by atoms with van der Waals surface area (Å²) in [5.41, 5.74) is 1.49. The molecule has 2 N–H and O–H groups in total. The second-order valence-corrected chi connectivity index (χ2v) is 5.95. The minimum absolute atomic E-state index is 0. The molecular weight excluding hydrogens is 377 g/mol. The average Bonchev–Trinajstić information content (AvgIpc) is 2.45. The van der Waals surface area contributed by atoms with Gasteiger partial charge in [0.25, 0.3) is 0 Å². The number of nitrogens with one attached hydrogen (secondary N) is 2. The molecule has 0 aliphatic carbocycles. The minimum Gasteiger partial charge on any atom is -0.377 e. The van der Waals surface area contributed by atoms with Crippen molar-refractivity contribution in [2.45, 2.75) is 52.5 Å². The molecule has 1 unspecified atom stereocenters. The zero-order chi connectivity index (χ0) is 14.8. The van der Waals surface area contributed by atoms with Crippen LogP contribution in [-0.2, 0) is 4.74 Å². The number of aliphatic imine (C=N–C) groups is 1. The van der Waals surface area contributed by atoms with Crippen LogP contribution in [0, 0.1) is 5.92 Å². The van der Waals surface area contributed by atoms with Gasteiger partial charge < -0.3 is 15.4 Å². The molecule has 5 heteroatoms. The molecule has 0 bridgehead atoms. The Morgan fingerprint density at radius 1 is 1.33 bits per heavy atom. The first-order valence-electron chi connectivity index (χ1n) is 7.84. The van der Waals surface area contributed by atoms with Gasteiger partial charge in [0.2, 0.25) is 0 Å². The van der Waals surface area contributed by atoms with E-state index in [1.54, 1.807) is 0 Å². The van der Waals surface area contributed by atoms with Crippen molar-refractivity contribution in [2.75, 3.05) is 26.8 Å². The molecule has 0 aromatic carbocycles. The van der Waals surface area contributed by atoms with E-state index < -0.39 is 0 Å². The van der Waals surface area contributed by atoms with Crippen LogP contribution in [0.15, 0.2) is 16.6 Å². The Hall–Kier alpha value is -0.300. The van der Waals surface area contributed by atoms with Gasteiger partial charge in [-0.15, -0.1) is 24.0 Å². The van der Waals surface area contributed by atoms with E-state index in [0.29, 0.717) is 6.04 Å². The van der Waals surface area contributed by atoms with Crippen LogP contribution in [0.3, 0.4) is 0 Å². The summed E-state index contributed by atoms with van der Waals surface area (Å²) in [5.74, 6) is 1.67. The number of nitrogens with zero attached hydrogens (tertiary/aromatic N) is 1. The third-order valence-electron chi connectivity index (χ3n) is 3.58. The van der Waals surface area contributed by atoms with Crippen LogP contribution < -0.4 is 10.6 Å². The summed E-state index contributed by atoms with van der Waals surface area (Å²) in [6.07, 6.45) is 6.77. The molecule has 0 fully saturated rings. The number of ether oxygens (including phenoxy) is 1. The summed E-state index contributed by atoms with van der Waals surface area (Å²) in [4.78, 5) is 4.29. The van der Waals surface area contributed by atoms with Crippen LogP contribution in [0.25, 0.3) is 0 Å². The van der Waals surface area contributed by atoms with Crippen molar-refractivity contribution in [1.82, 2.24) is 10.6 Å². The molecule has 124 valence electrons. The molecular formula is C16H32IN3O. The average molecular weight is 409 g/mol. The molecule has 0 aromatic rings. The first-order chi connectivity index (χ1) is 9.61. The zero-order valence-corrected chi connectivity index (χ0v) is 16.3. The Bertz CT molecular complexity index is 329. The summed E-state index contributed by atoms with van der Waals surface area (Å²) in [6.45, 7) is 9.32. The molecule has 0 spiro atoms. The van der Waals surface area contributed by atoms with Crippen LogP contribution in [0.2, 0.25) is 0 Å². The predicted molar refractivity (Wildman–Crippen MR) is 102 cm³/mol. The number of rotatable bonds is 7. The van der Waals surface area contributed by atoms with E-state index in [1.165, 1.54) is 18.4 Å². The normalized spacial score (nSPS) is 17.0. The van der Waals surface area contributed by atoms with Gasteiger partial charge >= 0.3 is 0 Å². The number of guanidine groups is 1. The fraction of sp³-hybridized carbons (Fsp3) is 0.812. The lowest BCUT2D eigenvalue weighted by atomic mass is 10.0. The van der Waals surface area contributed by atoms with Crippen LogP contribution in [-0.4, -0.2) is 38.8 Å². The zero-order valence-electron chi connectivity index (χ0n) is 13.9. The van der Waals surface area contributed by atoms with Crippen LogP contribution in [0.5, 0.6) is 0 Å². The smallest absolute Gasteiger partial charge is 0.191 e.